The van der Waals surface area contributed by atoms with E-state index < -0.39 is 0 Å². The second-order valence-electron chi connectivity index (χ2n) is 5.43. The zero-order chi connectivity index (χ0) is 14.4. The van der Waals surface area contributed by atoms with Crippen LogP contribution in [0.4, 0.5) is 0 Å². The number of pyridine rings is 1. The first-order valence-corrected chi connectivity index (χ1v) is 7.14. The van der Waals surface area contributed by atoms with Crippen LogP contribution in [0.3, 0.4) is 0 Å². The van der Waals surface area contributed by atoms with Crippen molar-refractivity contribution in [3.05, 3.63) is 54.1 Å². The standard InChI is InChI=1S/C16H16N4O/c1-11-14-5-3-7-19(14)8-9-20(11)16(21)13-10-12-4-2-6-17-15(12)18-13/h2-7,10-11H,8-9H2,1H3,(H,17,18). The van der Waals surface area contributed by atoms with E-state index in [9.17, 15) is 4.79 Å². The summed E-state index contributed by atoms with van der Waals surface area (Å²) in [4.78, 5) is 22.1. The van der Waals surface area contributed by atoms with E-state index in [0.717, 1.165) is 24.1 Å². The molecule has 0 saturated carbocycles. The number of aromatic nitrogens is 3. The summed E-state index contributed by atoms with van der Waals surface area (Å²) in [6.07, 6.45) is 3.80. The first-order valence-electron chi connectivity index (χ1n) is 7.14. The van der Waals surface area contributed by atoms with E-state index in [2.05, 4.69) is 33.7 Å². The quantitative estimate of drug-likeness (QED) is 0.745. The topological polar surface area (TPSA) is 53.9 Å². The third kappa shape index (κ3) is 1.85. The fourth-order valence-electron chi connectivity index (χ4n) is 3.08. The highest BCUT2D eigenvalue weighted by Gasteiger charge is 2.28. The van der Waals surface area contributed by atoms with Gasteiger partial charge in [-0.05, 0) is 37.3 Å². The number of carbonyl (C=O) groups is 1. The maximum Gasteiger partial charge on any atom is 0.270 e. The molecular formula is C16H16N4O. The Balaban J connectivity index is 1.69. The lowest BCUT2D eigenvalue weighted by Crippen LogP contribution is -2.40. The van der Waals surface area contributed by atoms with Crippen LogP contribution in [0.2, 0.25) is 0 Å². The smallest absolute Gasteiger partial charge is 0.270 e. The maximum atomic E-state index is 12.8. The number of amides is 1. The molecule has 1 amide bonds. The highest BCUT2D eigenvalue weighted by molar-refractivity contribution is 5.97. The molecule has 1 aliphatic rings. The number of H-pyrrole nitrogens is 1. The van der Waals surface area contributed by atoms with Crippen molar-refractivity contribution in [1.82, 2.24) is 19.4 Å². The highest BCUT2D eigenvalue weighted by Crippen LogP contribution is 2.27. The molecule has 1 atom stereocenters. The molecule has 0 radical (unpaired) electrons. The summed E-state index contributed by atoms with van der Waals surface area (Å²) in [5.41, 5.74) is 2.55. The molecule has 106 valence electrons. The summed E-state index contributed by atoms with van der Waals surface area (Å²) in [6, 6.07) is 9.91. The van der Waals surface area contributed by atoms with Gasteiger partial charge in [-0.15, -0.1) is 0 Å². The predicted octanol–water partition coefficient (Wildman–Crippen LogP) is 2.58. The van der Waals surface area contributed by atoms with Crippen molar-refractivity contribution >= 4 is 16.9 Å². The average molecular weight is 280 g/mol. The SMILES string of the molecule is CC1c2cccn2CCN1C(=O)c1cc2cccnc2[nH]1. The molecule has 0 spiro atoms. The Morgan fingerprint density at radius 1 is 1.33 bits per heavy atom. The van der Waals surface area contributed by atoms with Crippen LogP contribution in [0, 0.1) is 0 Å². The first kappa shape index (κ1) is 12.2. The molecule has 5 heteroatoms. The second kappa shape index (κ2) is 4.48. The van der Waals surface area contributed by atoms with E-state index >= 15 is 0 Å². The molecule has 0 fully saturated rings. The van der Waals surface area contributed by atoms with Crippen LogP contribution >= 0.6 is 0 Å². The van der Waals surface area contributed by atoms with Gasteiger partial charge in [-0.25, -0.2) is 4.98 Å². The minimum atomic E-state index is 0.0351. The van der Waals surface area contributed by atoms with E-state index in [1.54, 1.807) is 6.20 Å². The van der Waals surface area contributed by atoms with Crippen molar-refractivity contribution in [2.45, 2.75) is 19.5 Å². The van der Waals surface area contributed by atoms with Crippen LogP contribution in [0.15, 0.2) is 42.7 Å². The lowest BCUT2D eigenvalue weighted by molar-refractivity contribution is 0.0639. The maximum absolute atomic E-state index is 12.8. The van der Waals surface area contributed by atoms with Crippen molar-refractivity contribution in [2.24, 2.45) is 0 Å². The largest absolute Gasteiger partial charge is 0.348 e. The summed E-state index contributed by atoms with van der Waals surface area (Å²) in [5.74, 6) is 0.0351. The summed E-state index contributed by atoms with van der Waals surface area (Å²) in [5, 5.41) is 0.967. The molecule has 4 heterocycles. The van der Waals surface area contributed by atoms with Crippen molar-refractivity contribution in [3.63, 3.8) is 0 Å². The molecular weight excluding hydrogens is 264 g/mol. The number of nitrogens with one attached hydrogen (secondary N) is 1. The van der Waals surface area contributed by atoms with Crippen molar-refractivity contribution in [3.8, 4) is 0 Å². The minimum Gasteiger partial charge on any atom is -0.348 e. The van der Waals surface area contributed by atoms with Crippen molar-refractivity contribution < 1.29 is 4.79 Å². The van der Waals surface area contributed by atoms with Gasteiger partial charge in [0.2, 0.25) is 0 Å². The van der Waals surface area contributed by atoms with Gasteiger partial charge < -0.3 is 14.5 Å². The zero-order valence-electron chi connectivity index (χ0n) is 11.8. The first-order chi connectivity index (χ1) is 10.2. The van der Waals surface area contributed by atoms with Gasteiger partial charge in [0.05, 0.1) is 6.04 Å². The Morgan fingerprint density at radius 2 is 2.24 bits per heavy atom. The molecule has 21 heavy (non-hydrogen) atoms. The van der Waals surface area contributed by atoms with Crippen LogP contribution in [0.1, 0.15) is 29.1 Å². The molecule has 0 saturated heterocycles. The van der Waals surface area contributed by atoms with Crippen LogP contribution in [0.25, 0.3) is 11.0 Å². The molecule has 1 aliphatic heterocycles. The molecule has 0 aliphatic carbocycles. The van der Waals surface area contributed by atoms with E-state index in [4.69, 9.17) is 0 Å². The van der Waals surface area contributed by atoms with E-state index in [-0.39, 0.29) is 11.9 Å². The number of rotatable bonds is 1. The van der Waals surface area contributed by atoms with E-state index in [1.165, 1.54) is 5.69 Å². The third-order valence-corrected chi connectivity index (χ3v) is 4.23. The van der Waals surface area contributed by atoms with Gasteiger partial charge in [-0.2, -0.15) is 0 Å². The molecule has 0 bridgehead atoms. The van der Waals surface area contributed by atoms with Gasteiger partial charge in [-0.1, -0.05) is 0 Å². The Morgan fingerprint density at radius 3 is 3.10 bits per heavy atom. The molecule has 1 unspecified atom stereocenters. The summed E-state index contributed by atoms with van der Waals surface area (Å²) in [7, 11) is 0. The van der Waals surface area contributed by atoms with Crippen LogP contribution < -0.4 is 0 Å². The predicted molar refractivity (Wildman–Crippen MR) is 80.0 cm³/mol. The number of hydrogen-bond donors (Lipinski definition) is 1. The monoisotopic (exact) mass is 280 g/mol. The van der Waals surface area contributed by atoms with Gasteiger partial charge in [0.15, 0.2) is 0 Å². The van der Waals surface area contributed by atoms with Gasteiger partial charge in [0.25, 0.3) is 5.91 Å². The number of hydrogen-bond acceptors (Lipinski definition) is 2. The van der Waals surface area contributed by atoms with E-state index in [0.29, 0.717) is 5.69 Å². The molecule has 0 aromatic carbocycles. The van der Waals surface area contributed by atoms with Gasteiger partial charge in [0, 0.05) is 36.6 Å². The van der Waals surface area contributed by atoms with Gasteiger partial charge >= 0.3 is 0 Å². The Hall–Kier alpha value is -2.56. The van der Waals surface area contributed by atoms with Crippen LogP contribution in [0.5, 0.6) is 0 Å². The normalized spacial score (nSPS) is 18.0. The lowest BCUT2D eigenvalue weighted by Gasteiger charge is -2.34. The Kier molecular flexibility index (Phi) is 2.60. The van der Waals surface area contributed by atoms with Crippen molar-refractivity contribution in [1.29, 1.82) is 0 Å². The zero-order valence-corrected chi connectivity index (χ0v) is 11.8. The molecule has 3 aromatic rings. The molecule has 4 rings (SSSR count). The summed E-state index contributed by atoms with van der Waals surface area (Å²) in [6.45, 7) is 3.64. The number of nitrogens with zero attached hydrogens (tertiary/aromatic N) is 3. The van der Waals surface area contributed by atoms with Gasteiger partial charge in [-0.3, -0.25) is 4.79 Å². The number of carbonyl (C=O) groups excluding carboxylic acids is 1. The Bertz CT molecular complexity index is 783. The molecule has 5 nitrogen and oxygen atoms in total. The highest BCUT2D eigenvalue weighted by atomic mass is 16.2. The van der Waals surface area contributed by atoms with E-state index in [1.807, 2.05) is 29.2 Å². The average Bonchev–Trinajstić information content (AvgIpc) is 3.13. The van der Waals surface area contributed by atoms with Crippen LogP contribution in [-0.2, 0) is 6.54 Å². The minimum absolute atomic E-state index is 0.0351. The van der Waals surface area contributed by atoms with Gasteiger partial charge in [0.1, 0.15) is 11.3 Å². The fourth-order valence-corrected chi connectivity index (χ4v) is 3.08. The molecule has 1 N–H and O–H groups in total. The van der Waals surface area contributed by atoms with Crippen molar-refractivity contribution in [2.75, 3.05) is 6.54 Å². The number of aromatic amines is 1. The summed E-state index contributed by atoms with van der Waals surface area (Å²) < 4.78 is 2.21. The molecule has 3 aromatic heterocycles. The lowest BCUT2D eigenvalue weighted by atomic mass is 10.1. The Labute approximate surface area is 122 Å². The van der Waals surface area contributed by atoms with Crippen LogP contribution in [-0.4, -0.2) is 31.9 Å². The third-order valence-electron chi connectivity index (χ3n) is 4.23. The number of fused-ring (bicyclic) bond motifs is 2. The second-order valence-corrected chi connectivity index (χ2v) is 5.43. The fraction of sp³-hybridized carbons (Fsp3) is 0.250. The summed E-state index contributed by atoms with van der Waals surface area (Å²) >= 11 is 0.